The number of amides is 1. The van der Waals surface area contributed by atoms with Crippen LogP contribution in [0.15, 0.2) is 24.3 Å². The van der Waals surface area contributed by atoms with Gasteiger partial charge in [-0.15, -0.1) is 0 Å². The van der Waals surface area contributed by atoms with Crippen LogP contribution < -0.4 is 5.32 Å². The maximum atomic E-state index is 11.8. The van der Waals surface area contributed by atoms with Crippen LogP contribution >= 0.6 is 0 Å². The van der Waals surface area contributed by atoms with Crippen molar-refractivity contribution in [3.8, 4) is 0 Å². The van der Waals surface area contributed by atoms with Gasteiger partial charge in [0.15, 0.2) is 0 Å². The third-order valence-electron chi connectivity index (χ3n) is 4.03. The minimum Gasteiger partial charge on any atom is -0.383 e. The highest BCUT2D eigenvalue weighted by molar-refractivity contribution is 5.81. The molecule has 1 aromatic rings. The molecule has 3 nitrogen and oxygen atoms in total. The fourth-order valence-electron chi connectivity index (χ4n) is 2.73. The minimum absolute atomic E-state index is 0.179. The van der Waals surface area contributed by atoms with Gasteiger partial charge in [0.25, 0.3) is 0 Å². The van der Waals surface area contributed by atoms with E-state index in [2.05, 4.69) is 23.5 Å². The monoisotopic (exact) mass is 245 g/mol. The fraction of sp³-hybridized carbons (Fsp3) is 0.533. The predicted molar refractivity (Wildman–Crippen MR) is 69.1 cm³/mol. The first-order chi connectivity index (χ1) is 8.74. The van der Waals surface area contributed by atoms with Crippen molar-refractivity contribution >= 4 is 5.91 Å². The summed E-state index contributed by atoms with van der Waals surface area (Å²) in [7, 11) is 0. The Hall–Kier alpha value is -1.35. The van der Waals surface area contributed by atoms with Crippen LogP contribution in [0.5, 0.6) is 0 Å². The van der Waals surface area contributed by atoms with Crippen LogP contribution in [0.4, 0.5) is 0 Å². The highest BCUT2D eigenvalue weighted by Crippen LogP contribution is 2.32. The molecule has 0 aliphatic heterocycles. The van der Waals surface area contributed by atoms with Crippen LogP contribution in [-0.4, -0.2) is 23.2 Å². The molecule has 2 aliphatic rings. The summed E-state index contributed by atoms with van der Waals surface area (Å²) in [5.74, 6) is 0.0303. The summed E-state index contributed by atoms with van der Waals surface area (Å²) in [6, 6.07) is 8.58. The predicted octanol–water partition coefficient (Wildman–Crippen LogP) is 1.43. The molecule has 2 aliphatic carbocycles. The molecule has 0 heterocycles. The van der Waals surface area contributed by atoms with Crippen LogP contribution in [0.2, 0.25) is 0 Å². The Morgan fingerprint density at radius 2 is 1.94 bits per heavy atom. The van der Waals surface area contributed by atoms with Gasteiger partial charge in [0.2, 0.25) is 5.91 Å². The number of nitrogens with one attached hydrogen (secondary N) is 1. The summed E-state index contributed by atoms with van der Waals surface area (Å²) in [5, 5.41) is 12.8. The van der Waals surface area contributed by atoms with E-state index >= 15 is 0 Å². The van der Waals surface area contributed by atoms with Crippen LogP contribution in [0.25, 0.3) is 0 Å². The van der Waals surface area contributed by atoms with Gasteiger partial charge in [-0.05, 0) is 49.1 Å². The van der Waals surface area contributed by atoms with Gasteiger partial charge >= 0.3 is 0 Å². The summed E-state index contributed by atoms with van der Waals surface area (Å²) < 4.78 is 0. The topological polar surface area (TPSA) is 49.3 Å². The SMILES string of the molecule is O=C(NC1CCc2ccccc2C1)C(O)C1CC1. The fourth-order valence-corrected chi connectivity index (χ4v) is 2.73. The summed E-state index contributed by atoms with van der Waals surface area (Å²) >= 11 is 0. The highest BCUT2D eigenvalue weighted by Gasteiger charge is 2.35. The third-order valence-corrected chi connectivity index (χ3v) is 4.03. The smallest absolute Gasteiger partial charge is 0.249 e. The number of aliphatic hydroxyl groups excluding tert-OH is 1. The first-order valence-electron chi connectivity index (χ1n) is 6.79. The Bertz CT molecular complexity index is 454. The van der Waals surface area contributed by atoms with Gasteiger partial charge in [-0.25, -0.2) is 0 Å². The van der Waals surface area contributed by atoms with Crippen LogP contribution in [0.3, 0.4) is 0 Å². The van der Waals surface area contributed by atoms with E-state index in [9.17, 15) is 9.90 Å². The second kappa shape index (κ2) is 4.73. The average molecular weight is 245 g/mol. The number of benzene rings is 1. The zero-order chi connectivity index (χ0) is 12.5. The van der Waals surface area contributed by atoms with Gasteiger partial charge in [0.05, 0.1) is 0 Å². The molecule has 0 saturated heterocycles. The summed E-state index contributed by atoms with van der Waals surface area (Å²) in [6.45, 7) is 0. The molecule has 1 amide bonds. The standard InChI is InChI=1S/C15H19NO2/c17-14(11-5-6-11)15(18)16-13-8-7-10-3-1-2-4-12(10)9-13/h1-4,11,13-14,17H,5-9H2,(H,16,18). The number of rotatable bonds is 3. The Kier molecular flexibility index (Phi) is 3.08. The molecule has 3 heteroatoms. The number of fused-ring (bicyclic) bond motifs is 1. The van der Waals surface area contributed by atoms with E-state index in [4.69, 9.17) is 0 Å². The summed E-state index contributed by atoms with van der Waals surface area (Å²) in [6.07, 6.45) is 4.06. The molecular weight excluding hydrogens is 226 g/mol. The van der Waals surface area contributed by atoms with Crippen molar-refractivity contribution in [3.05, 3.63) is 35.4 Å². The molecule has 3 rings (SSSR count). The second-order valence-corrected chi connectivity index (χ2v) is 5.50. The lowest BCUT2D eigenvalue weighted by molar-refractivity contribution is -0.131. The summed E-state index contributed by atoms with van der Waals surface area (Å²) in [4.78, 5) is 11.8. The van der Waals surface area contributed by atoms with Crippen molar-refractivity contribution in [2.45, 2.75) is 44.2 Å². The number of aliphatic hydroxyl groups is 1. The number of hydrogen-bond donors (Lipinski definition) is 2. The molecule has 1 saturated carbocycles. The van der Waals surface area contributed by atoms with Gasteiger partial charge in [0, 0.05) is 6.04 Å². The lowest BCUT2D eigenvalue weighted by atomic mass is 9.88. The maximum Gasteiger partial charge on any atom is 0.249 e. The molecule has 0 radical (unpaired) electrons. The molecule has 2 N–H and O–H groups in total. The summed E-state index contributed by atoms with van der Waals surface area (Å²) in [5.41, 5.74) is 2.72. The molecule has 96 valence electrons. The molecule has 0 spiro atoms. The van der Waals surface area contributed by atoms with Crippen molar-refractivity contribution in [1.82, 2.24) is 5.32 Å². The van der Waals surface area contributed by atoms with Gasteiger partial charge in [0.1, 0.15) is 6.10 Å². The first kappa shape index (κ1) is 11.7. The molecule has 1 fully saturated rings. The Morgan fingerprint density at radius 1 is 1.22 bits per heavy atom. The molecule has 18 heavy (non-hydrogen) atoms. The van der Waals surface area contributed by atoms with E-state index in [1.165, 1.54) is 11.1 Å². The van der Waals surface area contributed by atoms with Gasteiger partial charge in [-0.3, -0.25) is 4.79 Å². The Morgan fingerprint density at radius 3 is 2.67 bits per heavy atom. The minimum atomic E-state index is -0.790. The van der Waals surface area contributed by atoms with Gasteiger partial charge in [-0.1, -0.05) is 24.3 Å². The molecule has 2 unspecified atom stereocenters. The van der Waals surface area contributed by atoms with Crippen LogP contribution in [0.1, 0.15) is 30.4 Å². The molecule has 0 aromatic heterocycles. The average Bonchev–Trinajstić information content (AvgIpc) is 3.22. The zero-order valence-corrected chi connectivity index (χ0v) is 10.4. The highest BCUT2D eigenvalue weighted by atomic mass is 16.3. The van der Waals surface area contributed by atoms with Gasteiger partial charge in [-0.2, -0.15) is 0 Å². The van der Waals surface area contributed by atoms with E-state index in [0.29, 0.717) is 0 Å². The van der Waals surface area contributed by atoms with E-state index in [1.807, 2.05) is 6.07 Å². The number of hydrogen-bond acceptors (Lipinski definition) is 2. The number of carbonyl (C=O) groups is 1. The first-order valence-corrected chi connectivity index (χ1v) is 6.79. The lowest BCUT2D eigenvalue weighted by Crippen LogP contribution is -2.44. The van der Waals surface area contributed by atoms with Crippen molar-refractivity contribution in [3.63, 3.8) is 0 Å². The van der Waals surface area contributed by atoms with Crippen LogP contribution in [0, 0.1) is 5.92 Å². The van der Waals surface area contributed by atoms with Crippen LogP contribution in [-0.2, 0) is 17.6 Å². The molecule has 2 atom stereocenters. The van der Waals surface area contributed by atoms with Gasteiger partial charge < -0.3 is 10.4 Å². The largest absolute Gasteiger partial charge is 0.383 e. The molecule has 0 bridgehead atoms. The van der Waals surface area contributed by atoms with Crippen molar-refractivity contribution < 1.29 is 9.90 Å². The number of carbonyl (C=O) groups excluding carboxylic acids is 1. The van der Waals surface area contributed by atoms with Crippen molar-refractivity contribution in [2.24, 2.45) is 5.92 Å². The van der Waals surface area contributed by atoms with Crippen molar-refractivity contribution in [1.29, 1.82) is 0 Å². The third kappa shape index (κ3) is 2.41. The lowest BCUT2D eigenvalue weighted by Gasteiger charge is -2.26. The van der Waals surface area contributed by atoms with E-state index in [-0.39, 0.29) is 17.9 Å². The molecule has 1 aromatic carbocycles. The second-order valence-electron chi connectivity index (χ2n) is 5.50. The quantitative estimate of drug-likeness (QED) is 0.846. The maximum absolute atomic E-state index is 11.8. The molecular formula is C15H19NO2. The normalized spacial score (nSPS) is 24.2. The number of aryl methyl sites for hydroxylation is 1. The van der Waals surface area contributed by atoms with E-state index < -0.39 is 6.10 Å². The zero-order valence-electron chi connectivity index (χ0n) is 10.4. The van der Waals surface area contributed by atoms with E-state index in [1.54, 1.807) is 0 Å². The Balaban J connectivity index is 1.60. The van der Waals surface area contributed by atoms with E-state index in [0.717, 1.165) is 32.1 Å². The van der Waals surface area contributed by atoms with Crippen molar-refractivity contribution in [2.75, 3.05) is 0 Å². The Labute approximate surface area is 107 Å².